The lowest BCUT2D eigenvalue weighted by Crippen LogP contribution is -2.54. The summed E-state index contributed by atoms with van der Waals surface area (Å²) in [5, 5.41) is 0.911. The van der Waals surface area contributed by atoms with E-state index in [1.807, 2.05) is 24.3 Å². The first-order valence-electron chi connectivity index (χ1n) is 10.2. The molecule has 29 heavy (non-hydrogen) atoms. The number of hydrogen-bond donors (Lipinski definition) is 0. The van der Waals surface area contributed by atoms with Crippen LogP contribution in [0.4, 0.5) is 0 Å². The van der Waals surface area contributed by atoms with Gasteiger partial charge in [-0.15, -0.1) is 0 Å². The van der Waals surface area contributed by atoms with Crippen LogP contribution in [0.2, 0.25) is 6.04 Å². The maximum absolute atomic E-state index is 6.23. The smallest absolute Gasteiger partial charge is 0.377 e. The molecule has 3 unspecified atom stereocenters. The van der Waals surface area contributed by atoms with Gasteiger partial charge in [0.25, 0.3) is 0 Å². The van der Waals surface area contributed by atoms with Crippen LogP contribution in [0.25, 0.3) is 0 Å². The predicted molar refractivity (Wildman–Crippen MR) is 113 cm³/mol. The molecule has 1 heterocycles. The van der Waals surface area contributed by atoms with E-state index in [2.05, 4.69) is 0 Å². The van der Waals surface area contributed by atoms with Gasteiger partial charge in [0.1, 0.15) is 0 Å². The second kappa shape index (κ2) is 10.1. The summed E-state index contributed by atoms with van der Waals surface area (Å²) in [4.78, 5) is 0. The first-order valence-corrected chi connectivity index (χ1v) is 13.8. The second-order valence-corrected chi connectivity index (χ2v) is 13.6. The van der Waals surface area contributed by atoms with Crippen LogP contribution in [0.5, 0.6) is 0 Å². The largest absolute Gasteiger partial charge is 0.536 e. The molecule has 1 saturated heterocycles. The zero-order chi connectivity index (χ0) is 20.9. The molecule has 1 aliphatic heterocycles. The number of fused-ring (bicyclic) bond motifs is 1. The van der Waals surface area contributed by atoms with E-state index in [1.165, 1.54) is 12.8 Å². The first kappa shape index (κ1) is 23.0. The molecule has 2 aliphatic rings. The maximum atomic E-state index is 6.23. The van der Waals surface area contributed by atoms with Crippen molar-refractivity contribution in [3.63, 3.8) is 0 Å². The molecule has 0 amide bonds. The lowest BCUT2D eigenvalue weighted by Gasteiger charge is -2.29. The highest BCUT2D eigenvalue weighted by molar-refractivity contribution is 6.75. The van der Waals surface area contributed by atoms with Crippen molar-refractivity contribution >= 4 is 22.8 Å². The summed E-state index contributed by atoms with van der Waals surface area (Å²) in [7, 11) is 2.69. The Bertz CT molecular complexity index is 626. The van der Waals surface area contributed by atoms with Crippen LogP contribution in [0.15, 0.2) is 24.3 Å². The van der Waals surface area contributed by atoms with Gasteiger partial charge in [-0.05, 0) is 37.2 Å². The van der Waals surface area contributed by atoms with Crippen LogP contribution in [0.3, 0.4) is 0 Å². The highest BCUT2D eigenvalue weighted by Gasteiger charge is 2.46. The number of hydrogen-bond acceptors (Lipinski definition) is 7. The van der Waals surface area contributed by atoms with Crippen molar-refractivity contribution in [1.29, 1.82) is 0 Å². The molecule has 2 fully saturated rings. The van der Waals surface area contributed by atoms with Gasteiger partial charge < -0.3 is 31.3 Å². The minimum atomic E-state index is -2.82. The van der Waals surface area contributed by atoms with Gasteiger partial charge in [0, 0.05) is 46.8 Å². The van der Waals surface area contributed by atoms with Gasteiger partial charge in [0.2, 0.25) is 0 Å². The Morgan fingerprint density at radius 2 is 1.52 bits per heavy atom. The topological polar surface area (TPSA) is 67.9 Å². The van der Waals surface area contributed by atoms with E-state index in [1.54, 1.807) is 35.5 Å². The summed E-state index contributed by atoms with van der Waals surface area (Å²) in [6.07, 6.45) is 5.67. The minimum Gasteiger partial charge on any atom is -0.377 e. The van der Waals surface area contributed by atoms with Crippen LogP contribution in [0.1, 0.15) is 31.2 Å². The lowest BCUT2D eigenvalue weighted by molar-refractivity contribution is 0.0887. The predicted octanol–water partition coefficient (Wildman–Crippen LogP) is 2.48. The molecule has 0 radical (unpaired) electrons. The standard InChI is InChI=1S/C20H34O7Si2/c1-21-28(22-2,13-12-16-8-11-19-20(14-16)27-19)26-15-17-6-9-18(10-7-17)29(23-3,24-4)25-5/h6-7,9-10,16,19-20H,8,11-15H2,1-5H3. The SMILES string of the molecule is CO[Si](CCC1CCC2OC2C1)(OC)OCc1ccc([Si](OC)(OC)OC)cc1. The average Bonchev–Trinajstić information content (AvgIpc) is 3.56. The number of epoxide rings is 1. The Morgan fingerprint density at radius 3 is 2.07 bits per heavy atom. The van der Waals surface area contributed by atoms with E-state index in [0.29, 0.717) is 24.7 Å². The third-order valence-corrected chi connectivity index (χ3v) is 11.5. The van der Waals surface area contributed by atoms with E-state index in [4.69, 9.17) is 31.3 Å². The summed E-state index contributed by atoms with van der Waals surface area (Å²) in [6.45, 7) is 0.439. The average molecular weight is 443 g/mol. The molecular formula is C20H34O7Si2. The molecule has 0 N–H and O–H groups in total. The molecule has 3 atom stereocenters. The summed E-state index contributed by atoms with van der Waals surface area (Å²) in [6, 6.07) is 8.78. The van der Waals surface area contributed by atoms with Gasteiger partial charge in [-0.2, -0.15) is 0 Å². The minimum absolute atomic E-state index is 0.439. The Morgan fingerprint density at radius 1 is 0.862 bits per heavy atom. The third-order valence-electron chi connectivity index (χ3n) is 6.17. The lowest BCUT2D eigenvalue weighted by atomic mass is 9.88. The summed E-state index contributed by atoms with van der Waals surface area (Å²) < 4.78 is 40.0. The van der Waals surface area contributed by atoms with Crippen molar-refractivity contribution in [2.75, 3.05) is 35.5 Å². The molecular weight excluding hydrogens is 408 g/mol. The van der Waals surface area contributed by atoms with Crippen LogP contribution in [-0.2, 0) is 37.9 Å². The van der Waals surface area contributed by atoms with Gasteiger partial charge in [0.05, 0.1) is 18.8 Å². The Labute approximate surface area is 176 Å². The highest BCUT2D eigenvalue weighted by atomic mass is 28.4. The highest BCUT2D eigenvalue weighted by Crippen LogP contribution is 2.41. The molecule has 164 valence electrons. The first-order chi connectivity index (χ1) is 14.0. The van der Waals surface area contributed by atoms with E-state index in [9.17, 15) is 0 Å². The second-order valence-electron chi connectivity index (χ2n) is 7.68. The van der Waals surface area contributed by atoms with E-state index in [-0.39, 0.29) is 0 Å². The molecule has 0 aromatic heterocycles. The monoisotopic (exact) mass is 442 g/mol. The number of ether oxygens (including phenoxy) is 1. The molecule has 1 aromatic rings. The summed E-state index contributed by atoms with van der Waals surface area (Å²) in [5.41, 5.74) is 1.04. The van der Waals surface area contributed by atoms with Crippen molar-refractivity contribution in [1.82, 2.24) is 0 Å². The van der Waals surface area contributed by atoms with Gasteiger partial charge in [-0.25, -0.2) is 0 Å². The van der Waals surface area contributed by atoms with Crippen molar-refractivity contribution < 1.29 is 31.3 Å². The zero-order valence-electron chi connectivity index (χ0n) is 18.1. The third kappa shape index (κ3) is 5.35. The molecule has 1 aliphatic carbocycles. The van der Waals surface area contributed by atoms with Gasteiger partial charge >= 0.3 is 17.6 Å². The van der Waals surface area contributed by atoms with E-state index < -0.39 is 17.6 Å². The van der Waals surface area contributed by atoms with Crippen LogP contribution in [0, 0.1) is 5.92 Å². The molecule has 1 aromatic carbocycles. The van der Waals surface area contributed by atoms with E-state index in [0.717, 1.165) is 29.6 Å². The molecule has 1 saturated carbocycles. The van der Waals surface area contributed by atoms with Gasteiger partial charge in [0.15, 0.2) is 0 Å². The molecule has 0 bridgehead atoms. The van der Waals surface area contributed by atoms with Gasteiger partial charge in [-0.3, -0.25) is 0 Å². The molecule has 9 heteroatoms. The van der Waals surface area contributed by atoms with Crippen LogP contribution < -0.4 is 5.19 Å². The Balaban J connectivity index is 1.56. The number of benzene rings is 1. The van der Waals surface area contributed by atoms with Crippen molar-refractivity contribution in [2.45, 2.75) is 50.5 Å². The fraction of sp³-hybridized carbons (Fsp3) is 0.700. The summed E-state index contributed by atoms with van der Waals surface area (Å²) in [5.74, 6) is 0.675. The number of rotatable bonds is 12. The van der Waals surface area contributed by atoms with Crippen molar-refractivity contribution in [3.05, 3.63) is 29.8 Å². The fourth-order valence-corrected chi connectivity index (χ4v) is 8.09. The Kier molecular flexibility index (Phi) is 8.04. The van der Waals surface area contributed by atoms with Crippen molar-refractivity contribution in [2.24, 2.45) is 5.92 Å². The summed E-state index contributed by atoms with van der Waals surface area (Å²) >= 11 is 0. The zero-order valence-corrected chi connectivity index (χ0v) is 20.1. The molecule has 7 nitrogen and oxygen atoms in total. The normalized spacial score (nSPS) is 24.4. The van der Waals surface area contributed by atoms with Crippen LogP contribution in [-0.4, -0.2) is 65.4 Å². The Hall–Kier alpha value is -0.626. The van der Waals surface area contributed by atoms with Crippen molar-refractivity contribution in [3.8, 4) is 0 Å². The van der Waals surface area contributed by atoms with Crippen LogP contribution >= 0.6 is 0 Å². The maximum Gasteiger partial charge on any atom is 0.536 e. The molecule has 0 spiro atoms. The quantitative estimate of drug-likeness (QED) is 0.364. The fourth-order valence-electron chi connectivity index (χ4n) is 4.21. The van der Waals surface area contributed by atoms with E-state index >= 15 is 0 Å². The van der Waals surface area contributed by atoms with Gasteiger partial charge in [-0.1, -0.05) is 24.3 Å². The molecule has 3 rings (SSSR count).